The first-order valence-corrected chi connectivity index (χ1v) is 7.08. The van der Waals surface area contributed by atoms with Crippen LogP contribution in [0.3, 0.4) is 0 Å². The van der Waals surface area contributed by atoms with Crippen LogP contribution in [0.5, 0.6) is 0 Å². The highest BCUT2D eigenvalue weighted by molar-refractivity contribution is 5.85. The van der Waals surface area contributed by atoms with Gasteiger partial charge in [-0.05, 0) is 49.8 Å². The quantitative estimate of drug-likeness (QED) is 0.866. The lowest BCUT2D eigenvalue weighted by Crippen LogP contribution is -2.32. The van der Waals surface area contributed by atoms with Gasteiger partial charge in [0.15, 0.2) is 0 Å². The van der Waals surface area contributed by atoms with Crippen molar-refractivity contribution in [3.05, 3.63) is 23.8 Å². The molecule has 0 aromatic heterocycles. The van der Waals surface area contributed by atoms with E-state index in [-0.39, 0.29) is 12.4 Å². The average molecular weight is 283 g/mol. The van der Waals surface area contributed by atoms with Crippen molar-refractivity contribution in [2.45, 2.75) is 38.2 Å². The molecular formula is C15H23ClN2O. The molecule has 1 atom stereocenters. The molecule has 4 heteroatoms. The van der Waals surface area contributed by atoms with E-state index in [1.54, 1.807) is 0 Å². The number of hydrogen-bond donors (Lipinski definition) is 1. The molecule has 0 aliphatic carbocycles. The van der Waals surface area contributed by atoms with Gasteiger partial charge in [-0.25, -0.2) is 0 Å². The fraction of sp³-hybridized carbons (Fsp3) is 0.600. The third-order valence-corrected chi connectivity index (χ3v) is 4.13. The second-order valence-electron chi connectivity index (χ2n) is 5.36. The summed E-state index contributed by atoms with van der Waals surface area (Å²) in [7, 11) is 0. The molecule has 2 aliphatic rings. The van der Waals surface area contributed by atoms with Crippen molar-refractivity contribution in [2.75, 3.05) is 30.3 Å². The number of fused-ring (bicyclic) bond motifs is 1. The van der Waals surface area contributed by atoms with Crippen molar-refractivity contribution < 1.29 is 4.74 Å². The van der Waals surface area contributed by atoms with Crippen molar-refractivity contribution in [3.8, 4) is 0 Å². The summed E-state index contributed by atoms with van der Waals surface area (Å²) in [4.78, 5) is 2.48. The minimum Gasteiger partial charge on any atom is -0.398 e. The molecular weight excluding hydrogens is 260 g/mol. The Bertz CT molecular complexity index is 419. The van der Waals surface area contributed by atoms with Crippen LogP contribution in [-0.2, 0) is 11.2 Å². The van der Waals surface area contributed by atoms with E-state index in [9.17, 15) is 0 Å². The molecule has 0 bridgehead atoms. The maximum Gasteiger partial charge on any atom is 0.0592 e. The number of benzene rings is 1. The Morgan fingerprint density at radius 1 is 1.32 bits per heavy atom. The molecule has 0 amide bonds. The van der Waals surface area contributed by atoms with Gasteiger partial charge in [0, 0.05) is 31.1 Å². The molecule has 1 unspecified atom stereocenters. The summed E-state index contributed by atoms with van der Waals surface area (Å²) >= 11 is 0. The summed E-state index contributed by atoms with van der Waals surface area (Å²) < 4.78 is 5.70. The first-order valence-electron chi connectivity index (χ1n) is 7.08. The van der Waals surface area contributed by atoms with E-state index in [1.165, 1.54) is 30.5 Å². The van der Waals surface area contributed by atoms with Crippen LogP contribution in [0.15, 0.2) is 18.2 Å². The summed E-state index contributed by atoms with van der Waals surface area (Å²) in [6.07, 6.45) is 6.43. The van der Waals surface area contributed by atoms with Crippen molar-refractivity contribution in [3.63, 3.8) is 0 Å². The van der Waals surface area contributed by atoms with E-state index in [0.29, 0.717) is 6.10 Å². The molecule has 106 valence electrons. The second kappa shape index (κ2) is 6.49. The van der Waals surface area contributed by atoms with Gasteiger partial charge in [0.25, 0.3) is 0 Å². The van der Waals surface area contributed by atoms with Crippen LogP contribution < -0.4 is 10.6 Å². The van der Waals surface area contributed by atoms with E-state index in [1.807, 2.05) is 6.07 Å². The van der Waals surface area contributed by atoms with Crippen LogP contribution in [0.4, 0.5) is 11.4 Å². The first kappa shape index (κ1) is 14.5. The Labute approximate surface area is 121 Å². The van der Waals surface area contributed by atoms with Crippen LogP contribution in [0.2, 0.25) is 0 Å². The molecule has 1 aromatic carbocycles. The Morgan fingerprint density at radius 3 is 3.00 bits per heavy atom. The van der Waals surface area contributed by atoms with Crippen LogP contribution in [0.25, 0.3) is 0 Å². The normalized spacial score (nSPS) is 21.9. The summed E-state index contributed by atoms with van der Waals surface area (Å²) in [6, 6.07) is 6.29. The molecule has 0 spiro atoms. The molecule has 1 fully saturated rings. The van der Waals surface area contributed by atoms with Crippen molar-refractivity contribution in [1.82, 2.24) is 0 Å². The fourth-order valence-corrected chi connectivity index (χ4v) is 3.13. The minimum absolute atomic E-state index is 0. The summed E-state index contributed by atoms with van der Waals surface area (Å²) in [5.41, 5.74) is 9.71. The lowest BCUT2D eigenvalue weighted by molar-refractivity contribution is 0.105. The molecule has 1 aromatic rings. The lowest BCUT2D eigenvalue weighted by Gasteiger charge is -2.32. The van der Waals surface area contributed by atoms with E-state index in [0.717, 1.165) is 38.2 Å². The zero-order valence-electron chi connectivity index (χ0n) is 11.3. The molecule has 2 N–H and O–H groups in total. The number of nitrogen functional groups attached to an aromatic ring is 1. The minimum atomic E-state index is 0. The molecule has 3 rings (SSSR count). The largest absolute Gasteiger partial charge is 0.398 e. The Morgan fingerprint density at radius 2 is 2.21 bits per heavy atom. The van der Waals surface area contributed by atoms with E-state index in [2.05, 4.69) is 17.0 Å². The molecule has 19 heavy (non-hydrogen) atoms. The molecule has 0 radical (unpaired) electrons. The number of hydrogen-bond acceptors (Lipinski definition) is 3. The predicted molar refractivity (Wildman–Crippen MR) is 82.2 cm³/mol. The number of nitrogens with zero attached hydrogens (tertiary/aromatic N) is 1. The number of ether oxygens (including phenoxy) is 1. The Hall–Kier alpha value is -0.930. The van der Waals surface area contributed by atoms with Gasteiger partial charge in [-0.1, -0.05) is 6.07 Å². The molecule has 2 aliphatic heterocycles. The van der Waals surface area contributed by atoms with Gasteiger partial charge in [-0.3, -0.25) is 0 Å². The second-order valence-corrected chi connectivity index (χ2v) is 5.36. The van der Waals surface area contributed by atoms with Gasteiger partial charge >= 0.3 is 0 Å². The van der Waals surface area contributed by atoms with E-state index < -0.39 is 0 Å². The number of anilines is 2. The van der Waals surface area contributed by atoms with E-state index >= 15 is 0 Å². The predicted octanol–water partition coefficient (Wildman–Crippen LogP) is 3.01. The fourth-order valence-electron chi connectivity index (χ4n) is 3.13. The van der Waals surface area contributed by atoms with Crippen molar-refractivity contribution >= 4 is 23.8 Å². The Kier molecular flexibility index (Phi) is 4.94. The first-order chi connectivity index (χ1) is 8.84. The highest BCUT2D eigenvalue weighted by Crippen LogP contribution is 2.31. The monoisotopic (exact) mass is 282 g/mol. The topological polar surface area (TPSA) is 38.5 Å². The van der Waals surface area contributed by atoms with Gasteiger partial charge in [0.05, 0.1) is 6.10 Å². The van der Waals surface area contributed by atoms with Crippen LogP contribution in [0.1, 0.15) is 31.2 Å². The molecule has 0 saturated carbocycles. The zero-order chi connectivity index (χ0) is 12.4. The van der Waals surface area contributed by atoms with Gasteiger partial charge in [0.1, 0.15) is 0 Å². The molecule has 3 nitrogen and oxygen atoms in total. The van der Waals surface area contributed by atoms with Gasteiger partial charge in [-0.2, -0.15) is 0 Å². The zero-order valence-corrected chi connectivity index (χ0v) is 12.1. The van der Waals surface area contributed by atoms with E-state index in [4.69, 9.17) is 10.5 Å². The number of rotatable bonds is 3. The average Bonchev–Trinajstić information content (AvgIpc) is 2.90. The van der Waals surface area contributed by atoms with Crippen LogP contribution >= 0.6 is 12.4 Å². The van der Waals surface area contributed by atoms with Gasteiger partial charge in [-0.15, -0.1) is 12.4 Å². The highest BCUT2D eigenvalue weighted by Gasteiger charge is 2.21. The molecule has 1 saturated heterocycles. The third kappa shape index (κ3) is 3.15. The maximum atomic E-state index is 6.07. The van der Waals surface area contributed by atoms with Gasteiger partial charge in [0.2, 0.25) is 0 Å². The highest BCUT2D eigenvalue weighted by atomic mass is 35.5. The SMILES string of the molecule is Cl.Nc1cccc2c1CCCN2CCC1CCCO1. The Balaban J connectivity index is 0.00000133. The lowest BCUT2D eigenvalue weighted by atomic mass is 9.99. The van der Waals surface area contributed by atoms with Crippen LogP contribution in [-0.4, -0.2) is 25.8 Å². The summed E-state index contributed by atoms with van der Waals surface area (Å²) in [6.45, 7) is 3.21. The number of halogens is 1. The number of nitrogens with two attached hydrogens (primary N) is 1. The van der Waals surface area contributed by atoms with Crippen LogP contribution in [0, 0.1) is 0 Å². The third-order valence-electron chi connectivity index (χ3n) is 4.13. The molecule has 2 heterocycles. The van der Waals surface area contributed by atoms with Crippen molar-refractivity contribution in [1.29, 1.82) is 0 Å². The smallest absolute Gasteiger partial charge is 0.0592 e. The van der Waals surface area contributed by atoms with Gasteiger partial charge < -0.3 is 15.4 Å². The summed E-state index contributed by atoms with van der Waals surface area (Å²) in [5.74, 6) is 0. The van der Waals surface area contributed by atoms with Crippen molar-refractivity contribution in [2.24, 2.45) is 0 Å². The standard InChI is InChI=1S/C15H22N2O.ClH/c16-14-6-1-7-15-13(14)5-2-9-17(15)10-8-12-4-3-11-18-12;/h1,6-7,12H,2-5,8-11,16H2;1H. The maximum absolute atomic E-state index is 6.07. The summed E-state index contributed by atoms with van der Waals surface area (Å²) in [5, 5.41) is 0.